The molecule has 0 spiro atoms. The number of rotatable bonds is 4. The van der Waals surface area contributed by atoms with Gasteiger partial charge in [-0.2, -0.15) is 0 Å². The van der Waals surface area contributed by atoms with Crippen LogP contribution in [0.1, 0.15) is 52.1 Å². The summed E-state index contributed by atoms with van der Waals surface area (Å²) in [5, 5.41) is 10.5. The molecule has 0 fully saturated rings. The molecule has 0 unspecified atom stereocenters. The van der Waals surface area contributed by atoms with Crippen LogP contribution in [0.15, 0.2) is 0 Å². The van der Waals surface area contributed by atoms with Crippen LogP contribution in [-0.4, -0.2) is 22.7 Å². The van der Waals surface area contributed by atoms with Crippen LogP contribution >= 0.6 is 11.3 Å². The molecule has 1 heterocycles. The lowest BCUT2D eigenvalue weighted by Gasteiger charge is -2.24. The summed E-state index contributed by atoms with van der Waals surface area (Å²) in [6, 6.07) is 0.436. The summed E-state index contributed by atoms with van der Waals surface area (Å²) < 4.78 is 0. The second-order valence-corrected chi connectivity index (χ2v) is 6.62. The van der Waals surface area contributed by atoms with Crippen LogP contribution in [0.4, 0.5) is 5.13 Å². The van der Waals surface area contributed by atoms with Crippen molar-refractivity contribution in [1.29, 1.82) is 0 Å². The molecule has 0 atom stereocenters. The lowest BCUT2D eigenvalue weighted by Crippen LogP contribution is -2.30. The zero-order valence-corrected chi connectivity index (χ0v) is 12.6. The minimum absolute atomic E-state index is 0.0107. The van der Waals surface area contributed by atoms with Crippen molar-refractivity contribution in [3.63, 3.8) is 0 Å². The van der Waals surface area contributed by atoms with Gasteiger partial charge in [-0.15, -0.1) is 0 Å². The van der Waals surface area contributed by atoms with E-state index in [2.05, 4.69) is 46.4 Å². The molecule has 1 aromatic rings. The molecule has 1 N–H and O–H groups in total. The maximum atomic E-state index is 9.44. The molecule has 0 aliphatic rings. The van der Waals surface area contributed by atoms with Gasteiger partial charge in [0.15, 0.2) is 5.13 Å². The quantitative estimate of drug-likeness (QED) is 0.899. The zero-order valence-electron chi connectivity index (χ0n) is 11.7. The third-order valence-corrected chi connectivity index (χ3v) is 3.83. The van der Waals surface area contributed by atoms with Crippen LogP contribution in [0.25, 0.3) is 0 Å². The molecule has 17 heavy (non-hydrogen) atoms. The number of aliphatic hydroxyl groups is 1. The van der Waals surface area contributed by atoms with E-state index in [9.17, 15) is 5.11 Å². The van der Waals surface area contributed by atoms with Crippen LogP contribution < -0.4 is 4.90 Å². The molecule has 0 aromatic carbocycles. The van der Waals surface area contributed by atoms with Crippen LogP contribution in [0, 0.1) is 0 Å². The molecule has 0 bridgehead atoms. The minimum Gasteiger partial charge on any atom is -0.391 e. The Hall–Kier alpha value is -0.610. The summed E-state index contributed by atoms with van der Waals surface area (Å²) in [5.74, 6) is 0. The molecule has 3 nitrogen and oxygen atoms in total. The summed E-state index contributed by atoms with van der Waals surface area (Å²) >= 11 is 1.61. The van der Waals surface area contributed by atoms with Crippen molar-refractivity contribution in [1.82, 2.24) is 4.98 Å². The van der Waals surface area contributed by atoms with Gasteiger partial charge in [-0.05, 0) is 20.8 Å². The lowest BCUT2D eigenvalue weighted by atomic mass is 9.91. The Morgan fingerprint density at radius 2 is 1.94 bits per heavy atom. The molecule has 0 amide bonds. The first kappa shape index (κ1) is 14.5. The van der Waals surface area contributed by atoms with Gasteiger partial charge in [0, 0.05) is 18.0 Å². The van der Waals surface area contributed by atoms with Crippen molar-refractivity contribution in [2.24, 2.45) is 0 Å². The van der Waals surface area contributed by atoms with Crippen LogP contribution in [0.3, 0.4) is 0 Å². The Kier molecular flexibility index (Phi) is 4.55. The van der Waals surface area contributed by atoms with Crippen LogP contribution in [0.2, 0.25) is 0 Å². The third-order valence-electron chi connectivity index (χ3n) is 2.75. The summed E-state index contributed by atoms with van der Waals surface area (Å²) in [6.07, 6.45) is 0. The van der Waals surface area contributed by atoms with E-state index in [0.717, 1.165) is 22.2 Å². The van der Waals surface area contributed by atoms with E-state index >= 15 is 0 Å². The van der Waals surface area contributed by atoms with Gasteiger partial charge in [0.1, 0.15) is 0 Å². The topological polar surface area (TPSA) is 36.4 Å². The van der Waals surface area contributed by atoms with Crippen LogP contribution in [0.5, 0.6) is 0 Å². The summed E-state index contributed by atoms with van der Waals surface area (Å²) in [6.45, 7) is 13.9. The van der Waals surface area contributed by atoms with Gasteiger partial charge >= 0.3 is 0 Å². The molecule has 4 heteroatoms. The summed E-state index contributed by atoms with van der Waals surface area (Å²) in [7, 11) is 0. The molecule has 1 rings (SSSR count). The highest BCUT2D eigenvalue weighted by Crippen LogP contribution is 2.34. The normalized spacial score (nSPS) is 12.2. The van der Waals surface area contributed by atoms with E-state index in [1.165, 1.54) is 0 Å². The number of aromatic nitrogens is 1. The van der Waals surface area contributed by atoms with Crippen molar-refractivity contribution in [2.75, 3.05) is 11.4 Å². The molecule has 0 aliphatic heterocycles. The second kappa shape index (κ2) is 5.36. The standard InChI is InChI=1S/C13H24N2OS/c1-7-15(9(2)3)12-14-11(13(4,5)6)10(8-16)17-12/h9,16H,7-8H2,1-6H3. The average Bonchev–Trinajstić information content (AvgIpc) is 2.61. The predicted octanol–water partition coefficient (Wildman–Crippen LogP) is 3.17. The van der Waals surface area contributed by atoms with Crippen molar-refractivity contribution < 1.29 is 5.11 Å². The third kappa shape index (κ3) is 3.19. The summed E-state index contributed by atoms with van der Waals surface area (Å²) in [5.41, 5.74) is 1.02. The Balaban J connectivity index is 3.16. The van der Waals surface area contributed by atoms with E-state index in [0.29, 0.717) is 6.04 Å². The van der Waals surface area contributed by atoms with E-state index < -0.39 is 0 Å². The van der Waals surface area contributed by atoms with Crippen molar-refractivity contribution in [3.8, 4) is 0 Å². The highest BCUT2D eigenvalue weighted by Gasteiger charge is 2.24. The van der Waals surface area contributed by atoms with E-state index in [1.54, 1.807) is 11.3 Å². The second-order valence-electron chi connectivity index (χ2n) is 5.56. The first-order valence-corrected chi connectivity index (χ1v) is 7.00. The van der Waals surface area contributed by atoms with Gasteiger partial charge < -0.3 is 10.0 Å². The number of nitrogens with zero attached hydrogens (tertiary/aromatic N) is 2. The fraction of sp³-hybridized carbons (Fsp3) is 0.769. The van der Waals surface area contributed by atoms with Crippen molar-refractivity contribution in [2.45, 2.75) is 59.6 Å². The van der Waals surface area contributed by atoms with E-state index in [-0.39, 0.29) is 12.0 Å². The van der Waals surface area contributed by atoms with E-state index in [4.69, 9.17) is 4.98 Å². The predicted molar refractivity (Wildman–Crippen MR) is 74.9 cm³/mol. The van der Waals surface area contributed by atoms with Gasteiger partial charge in [0.2, 0.25) is 0 Å². The molecular weight excluding hydrogens is 232 g/mol. The SMILES string of the molecule is CCN(c1nc(C(C)(C)C)c(CO)s1)C(C)C. The van der Waals surface area contributed by atoms with Gasteiger partial charge in [0.25, 0.3) is 0 Å². The lowest BCUT2D eigenvalue weighted by molar-refractivity contribution is 0.282. The molecular formula is C13H24N2OS. The highest BCUT2D eigenvalue weighted by molar-refractivity contribution is 7.15. The van der Waals surface area contributed by atoms with Crippen molar-refractivity contribution >= 4 is 16.5 Å². The number of anilines is 1. The van der Waals surface area contributed by atoms with Gasteiger partial charge in [-0.1, -0.05) is 32.1 Å². The number of hydrogen-bond donors (Lipinski definition) is 1. The first-order chi connectivity index (χ1) is 7.81. The van der Waals surface area contributed by atoms with Gasteiger partial charge in [0.05, 0.1) is 17.2 Å². The number of thiazole rings is 1. The Morgan fingerprint density at radius 3 is 2.24 bits per heavy atom. The Labute approximate surface area is 108 Å². The largest absolute Gasteiger partial charge is 0.391 e. The molecule has 98 valence electrons. The molecule has 0 saturated heterocycles. The highest BCUT2D eigenvalue weighted by atomic mass is 32.1. The monoisotopic (exact) mass is 256 g/mol. The minimum atomic E-state index is -0.0107. The fourth-order valence-electron chi connectivity index (χ4n) is 1.88. The van der Waals surface area contributed by atoms with Crippen LogP contribution in [-0.2, 0) is 12.0 Å². The molecule has 1 aromatic heterocycles. The Bertz CT molecular complexity index is 366. The maximum Gasteiger partial charge on any atom is 0.186 e. The Morgan fingerprint density at radius 1 is 1.35 bits per heavy atom. The number of hydrogen-bond acceptors (Lipinski definition) is 4. The van der Waals surface area contributed by atoms with Gasteiger partial charge in [-0.3, -0.25) is 0 Å². The first-order valence-electron chi connectivity index (χ1n) is 6.19. The smallest absolute Gasteiger partial charge is 0.186 e. The van der Waals surface area contributed by atoms with Gasteiger partial charge in [-0.25, -0.2) is 4.98 Å². The average molecular weight is 256 g/mol. The molecule has 0 saturated carbocycles. The maximum absolute atomic E-state index is 9.44. The number of aliphatic hydroxyl groups excluding tert-OH is 1. The van der Waals surface area contributed by atoms with Crippen molar-refractivity contribution in [3.05, 3.63) is 10.6 Å². The zero-order chi connectivity index (χ0) is 13.2. The molecule has 0 radical (unpaired) electrons. The molecule has 0 aliphatic carbocycles. The van der Waals surface area contributed by atoms with E-state index in [1.807, 2.05) is 0 Å². The summed E-state index contributed by atoms with van der Waals surface area (Å²) in [4.78, 5) is 7.98. The fourth-order valence-corrected chi connectivity index (χ4v) is 3.20.